The molecule has 0 aliphatic heterocycles. The minimum atomic E-state index is -4.56. The molecule has 0 bridgehead atoms. The monoisotopic (exact) mass is 414 g/mol. The van der Waals surface area contributed by atoms with Crippen LogP contribution in [0.4, 0.5) is 24.8 Å². The van der Waals surface area contributed by atoms with Gasteiger partial charge in [-0.2, -0.15) is 13.2 Å². The van der Waals surface area contributed by atoms with E-state index < -0.39 is 17.6 Å². The zero-order chi connectivity index (χ0) is 21.3. The van der Waals surface area contributed by atoms with E-state index in [1.165, 1.54) is 0 Å². The molecule has 3 aromatic heterocycles. The summed E-state index contributed by atoms with van der Waals surface area (Å²) in [7, 11) is 0. The van der Waals surface area contributed by atoms with Crippen LogP contribution >= 0.6 is 0 Å². The summed E-state index contributed by atoms with van der Waals surface area (Å²) in [6.07, 6.45) is -1.92. The van der Waals surface area contributed by atoms with Crippen LogP contribution in [-0.2, 0) is 6.18 Å². The molecule has 1 aromatic carbocycles. The topological polar surface area (TPSA) is 110 Å². The van der Waals surface area contributed by atoms with Gasteiger partial charge >= 0.3 is 11.9 Å². The second kappa shape index (κ2) is 7.43. The second-order valence-corrected chi connectivity index (χ2v) is 6.35. The van der Waals surface area contributed by atoms with E-state index in [-0.39, 0.29) is 11.8 Å². The van der Waals surface area contributed by atoms with Crippen molar-refractivity contribution in [2.24, 2.45) is 0 Å². The van der Waals surface area contributed by atoms with Crippen molar-refractivity contribution in [1.29, 1.82) is 0 Å². The number of benzene rings is 1. The summed E-state index contributed by atoms with van der Waals surface area (Å²) in [5.74, 6) is -0.633. The molecule has 30 heavy (non-hydrogen) atoms. The van der Waals surface area contributed by atoms with Crippen molar-refractivity contribution < 1.29 is 17.7 Å². The number of anilines is 2. The Hall–Kier alpha value is -4.02. The SMILES string of the molecule is Cc1cc(Nc2nccc(C(F)(F)F)n2)cc(-c2ccc(-c3noc(=O)[nH]3)nc2)c1. The predicted octanol–water partition coefficient (Wildman–Crippen LogP) is 3.95. The molecule has 0 aliphatic carbocycles. The maximum atomic E-state index is 12.9. The maximum absolute atomic E-state index is 12.9. The number of aromatic amines is 1. The molecule has 8 nitrogen and oxygen atoms in total. The molecule has 0 saturated carbocycles. The van der Waals surface area contributed by atoms with Crippen LogP contribution in [0.15, 0.2) is 58.1 Å². The first-order valence-electron chi connectivity index (χ1n) is 8.60. The molecular formula is C19H13F3N6O2. The average Bonchev–Trinajstić information content (AvgIpc) is 3.14. The third kappa shape index (κ3) is 4.19. The molecule has 2 N–H and O–H groups in total. The minimum absolute atomic E-state index is 0.162. The first-order valence-corrected chi connectivity index (χ1v) is 8.60. The highest BCUT2D eigenvalue weighted by molar-refractivity contribution is 5.71. The highest BCUT2D eigenvalue weighted by Crippen LogP contribution is 2.29. The highest BCUT2D eigenvalue weighted by atomic mass is 19.4. The van der Waals surface area contributed by atoms with Crippen LogP contribution in [0.3, 0.4) is 0 Å². The Morgan fingerprint density at radius 3 is 2.57 bits per heavy atom. The first-order chi connectivity index (χ1) is 14.3. The lowest BCUT2D eigenvalue weighted by molar-refractivity contribution is -0.141. The second-order valence-electron chi connectivity index (χ2n) is 6.35. The van der Waals surface area contributed by atoms with Gasteiger partial charge in [0.05, 0.1) is 0 Å². The highest BCUT2D eigenvalue weighted by Gasteiger charge is 2.32. The van der Waals surface area contributed by atoms with E-state index in [0.717, 1.165) is 29.0 Å². The zero-order valence-electron chi connectivity index (χ0n) is 15.4. The molecule has 0 radical (unpaired) electrons. The van der Waals surface area contributed by atoms with E-state index in [9.17, 15) is 18.0 Å². The fraction of sp³-hybridized carbons (Fsp3) is 0.105. The number of alkyl halides is 3. The maximum Gasteiger partial charge on any atom is 0.439 e. The third-order valence-electron chi connectivity index (χ3n) is 4.06. The standard InChI is InChI=1S/C19H13F3N6O2/c1-10-6-12(11-2-3-14(24-9-11)16-27-18(29)30-28-16)8-13(7-10)25-17-23-5-4-15(26-17)19(20,21)22/h2-9H,1H3,(H,23,25,26)(H,27,28,29). The van der Waals surface area contributed by atoms with Gasteiger partial charge in [-0.1, -0.05) is 17.3 Å². The first kappa shape index (κ1) is 19.3. The van der Waals surface area contributed by atoms with Gasteiger partial charge in [0, 0.05) is 23.6 Å². The Kier molecular flexibility index (Phi) is 4.78. The summed E-state index contributed by atoms with van der Waals surface area (Å²) in [6.45, 7) is 1.85. The van der Waals surface area contributed by atoms with E-state index in [0.29, 0.717) is 11.4 Å². The zero-order valence-corrected chi connectivity index (χ0v) is 15.4. The minimum Gasteiger partial charge on any atom is -0.324 e. The average molecular weight is 414 g/mol. The van der Waals surface area contributed by atoms with Crippen molar-refractivity contribution >= 4 is 11.6 Å². The molecule has 152 valence electrons. The largest absolute Gasteiger partial charge is 0.439 e. The van der Waals surface area contributed by atoms with Gasteiger partial charge < -0.3 is 5.32 Å². The lowest BCUT2D eigenvalue weighted by Gasteiger charge is -2.11. The number of aromatic nitrogens is 5. The number of halogens is 3. The Labute approximate surface area is 166 Å². The van der Waals surface area contributed by atoms with Crippen LogP contribution in [0.2, 0.25) is 0 Å². The van der Waals surface area contributed by atoms with Crippen LogP contribution in [0.5, 0.6) is 0 Å². The number of nitrogens with zero attached hydrogens (tertiary/aromatic N) is 4. The molecular weight excluding hydrogens is 401 g/mol. The van der Waals surface area contributed by atoms with Crippen LogP contribution in [0.1, 0.15) is 11.3 Å². The molecule has 0 saturated heterocycles. The van der Waals surface area contributed by atoms with Crippen LogP contribution in [0, 0.1) is 6.92 Å². The smallest absolute Gasteiger partial charge is 0.324 e. The van der Waals surface area contributed by atoms with Gasteiger partial charge in [0.1, 0.15) is 11.4 Å². The van der Waals surface area contributed by atoms with Crippen molar-refractivity contribution in [1.82, 2.24) is 25.1 Å². The fourth-order valence-electron chi connectivity index (χ4n) is 2.77. The van der Waals surface area contributed by atoms with E-state index in [2.05, 4.69) is 34.9 Å². The van der Waals surface area contributed by atoms with Gasteiger partial charge in [-0.25, -0.2) is 14.8 Å². The Morgan fingerprint density at radius 2 is 1.90 bits per heavy atom. The van der Waals surface area contributed by atoms with E-state index >= 15 is 0 Å². The number of pyridine rings is 1. The van der Waals surface area contributed by atoms with Gasteiger partial charge in [0.15, 0.2) is 0 Å². The molecule has 4 rings (SSSR count). The number of rotatable bonds is 4. The van der Waals surface area contributed by atoms with Crippen LogP contribution in [-0.4, -0.2) is 25.1 Å². The van der Waals surface area contributed by atoms with E-state index in [1.807, 2.05) is 13.0 Å². The molecule has 0 spiro atoms. The predicted molar refractivity (Wildman–Crippen MR) is 101 cm³/mol. The summed E-state index contributed by atoms with van der Waals surface area (Å²) in [4.78, 5) is 25.1. The Morgan fingerprint density at radius 1 is 1.07 bits per heavy atom. The summed E-state index contributed by atoms with van der Waals surface area (Å²) in [6, 6.07) is 9.64. The normalized spacial score (nSPS) is 11.5. The molecule has 0 amide bonds. The summed E-state index contributed by atoms with van der Waals surface area (Å²) in [5, 5.41) is 6.38. The molecule has 4 aromatic rings. The number of H-pyrrole nitrogens is 1. The van der Waals surface area contributed by atoms with Crippen molar-refractivity contribution in [3.63, 3.8) is 0 Å². The quantitative estimate of drug-likeness (QED) is 0.520. The molecule has 0 unspecified atom stereocenters. The van der Waals surface area contributed by atoms with E-state index in [1.54, 1.807) is 30.5 Å². The summed E-state index contributed by atoms with van der Waals surface area (Å²) < 4.78 is 43.0. The van der Waals surface area contributed by atoms with Crippen molar-refractivity contribution in [3.05, 3.63) is 70.6 Å². The molecule has 0 atom stereocenters. The number of nitrogens with one attached hydrogen (secondary N) is 2. The van der Waals surface area contributed by atoms with Crippen molar-refractivity contribution in [2.75, 3.05) is 5.32 Å². The van der Waals surface area contributed by atoms with Crippen LogP contribution in [0.25, 0.3) is 22.6 Å². The third-order valence-corrected chi connectivity index (χ3v) is 4.06. The van der Waals surface area contributed by atoms with Crippen molar-refractivity contribution in [3.8, 4) is 22.6 Å². The van der Waals surface area contributed by atoms with Crippen molar-refractivity contribution in [2.45, 2.75) is 13.1 Å². The number of hydrogen-bond acceptors (Lipinski definition) is 7. The molecule has 11 heteroatoms. The summed E-state index contributed by atoms with van der Waals surface area (Å²) >= 11 is 0. The Bertz CT molecular complexity index is 1250. The van der Waals surface area contributed by atoms with Gasteiger partial charge in [-0.15, -0.1) is 0 Å². The van der Waals surface area contributed by atoms with Crippen LogP contribution < -0.4 is 11.1 Å². The van der Waals surface area contributed by atoms with Gasteiger partial charge in [0.2, 0.25) is 11.8 Å². The number of hydrogen-bond donors (Lipinski definition) is 2. The fourth-order valence-corrected chi connectivity index (χ4v) is 2.77. The molecule has 0 aliphatic rings. The number of aryl methyl sites for hydroxylation is 1. The molecule has 0 fully saturated rings. The Balaban J connectivity index is 1.61. The lowest BCUT2D eigenvalue weighted by atomic mass is 10.0. The van der Waals surface area contributed by atoms with E-state index in [4.69, 9.17) is 0 Å². The summed E-state index contributed by atoms with van der Waals surface area (Å²) in [5.41, 5.74) is 2.31. The molecule has 3 heterocycles. The van der Waals surface area contributed by atoms with Gasteiger partial charge in [0.25, 0.3) is 0 Å². The van der Waals surface area contributed by atoms with Gasteiger partial charge in [-0.05, 0) is 42.3 Å². The lowest BCUT2D eigenvalue weighted by Crippen LogP contribution is -2.10. The van der Waals surface area contributed by atoms with Gasteiger partial charge in [-0.3, -0.25) is 14.5 Å².